The molecule has 0 fully saturated rings. The number of nitrogens with two attached hydrogens (primary N) is 1. The molecule has 0 bridgehead atoms. The van der Waals surface area contributed by atoms with Gasteiger partial charge in [-0.3, -0.25) is 0 Å². The molecule has 0 heterocycles. The second-order valence-electron chi connectivity index (χ2n) is 5.29. The van der Waals surface area contributed by atoms with Crippen LogP contribution in [0.1, 0.15) is 50.8 Å². The van der Waals surface area contributed by atoms with Crippen molar-refractivity contribution in [2.45, 2.75) is 52.6 Å². The number of nitrogens with zero attached hydrogens (tertiary/aromatic N) is 1. The van der Waals surface area contributed by atoms with Crippen LogP contribution in [0.2, 0.25) is 0 Å². The van der Waals surface area contributed by atoms with Crippen molar-refractivity contribution in [1.82, 2.24) is 4.90 Å². The predicted octanol–water partition coefficient (Wildman–Crippen LogP) is 3.64. The predicted molar refractivity (Wildman–Crippen MR) is 79.7 cm³/mol. The standard InChI is InChI=1S/C16H27FN2/c1-5-13(4)19(6-2)10-9-16(18)14-8-7-12(3)15(17)11-14/h7-8,11,13,16H,5-6,9-10,18H2,1-4H3. The number of aryl methyl sites for hydroxylation is 1. The molecule has 0 aromatic heterocycles. The van der Waals surface area contributed by atoms with E-state index in [9.17, 15) is 4.39 Å². The number of rotatable bonds is 7. The highest BCUT2D eigenvalue weighted by molar-refractivity contribution is 5.25. The van der Waals surface area contributed by atoms with Crippen LogP contribution in [0.4, 0.5) is 4.39 Å². The van der Waals surface area contributed by atoms with E-state index >= 15 is 0 Å². The average Bonchev–Trinajstić information content (AvgIpc) is 2.41. The van der Waals surface area contributed by atoms with Crippen LogP contribution in [0.3, 0.4) is 0 Å². The van der Waals surface area contributed by atoms with E-state index in [4.69, 9.17) is 5.73 Å². The van der Waals surface area contributed by atoms with Crippen molar-refractivity contribution in [3.63, 3.8) is 0 Å². The molecule has 2 unspecified atom stereocenters. The molecule has 108 valence electrons. The van der Waals surface area contributed by atoms with Crippen molar-refractivity contribution in [3.05, 3.63) is 35.1 Å². The zero-order valence-electron chi connectivity index (χ0n) is 12.6. The molecule has 19 heavy (non-hydrogen) atoms. The molecule has 1 aromatic carbocycles. The lowest BCUT2D eigenvalue weighted by Gasteiger charge is -2.28. The van der Waals surface area contributed by atoms with Crippen molar-refractivity contribution in [1.29, 1.82) is 0 Å². The Balaban J connectivity index is 2.59. The van der Waals surface area contributed by atoms with Gasteiger partial charge in [0.2, 0.25) is 0 Å². The van der Waals surface area contributed by atoms with Gasteiger partial charge >= 0.3 is 0 Å². The summed E-state index contributed by atoms with van der Waals surface area (Å²) < 4.78 is 13.5. The summed E-state index contributed by atoms with van der Waals surface area (Å²) in [6.45, 7) is 10.4. The van der Waals surface area contributed by atoms with E-state index in [1.807, 2.05) is 6.07 Å². The van der Waals surface area contributed by atoms with Crippen LogP contribution in [0.15, 0.2) is 18.2 Å². The molecule has 0 aliphatic carbocycles. The Hall–Kier alpha value is -0.930. The van der Waals surface area contributed by atoms with Gasteiger partial charge in [-0.2, -0.15) is 0 Å². The highest BCUT2D eigenvalue weighted by Gasteiger charge is 2.13. The number of halogens is 1. The third-order valence-electron chi connectivity index (χ3n) is 3.97. The lowest BCUT2D eigenvalue weighted by Crippen LogP contribution is -2.34. The maximum Gasteiger partial charge on any atom is 0.126 e. The normalized spacial score (nSPS) is 14.7. The van der Waals surface area contributed by atoms with Crippen LogP contribution in [0.25, 0.3) is 0 Å². The molecule has 1 rings (SSSR count). The summed E-state index contributed by atoms with van der Waals surface area (Å²) in [4.78, 5) is 2.42. The Morgan fingerprint density at radius 3 is 2.53 bits per heavy atom. The van der Waals surface area contributed by atoms with Crippen molar-refractivity contribution in [3.8, 4) is 0 Å². The number of hydrogen-bond donors (Lipinski definition) is 1. The fraction of sp³-hybridized carbons (Fsp3) is 0.625. The molecular formula is C16H27FN2. The van der Waals surface area contributed by atoms with E-state index in [0.29, 0.717) is 11.6 Å². The SMILES string of the molecule is CCC(C)N(CC)CCC(N)c1ccc(C)c(F)c1. The van der Waals surface area contributed by atoms with E-state index in [2.05, 4.69) is 25.7 Å². The highest BCUT2D eigenvalue weighted by Crippen LogP contribution is 2.18. The summed E-state index contributed by atoms with van der Waals surface area (Å²) in [6, 6.07) is 5.79. The van der Waals surface area contributed by atoms with Crippen LogP contribution in [0.5, 0.6) is 0 Å². The average molecular weight is 266 g/mol. The van der Waals surface area contributed by atoms with Crippen LogP contribution in [0, 0.1) is 12.7 Å². The molecule has 0 aliphatic rings. The van der Waals surface area contributed by atoms with E-state index < -0.39 is 0 Å². The Morgan fingerprint density at radius 1 is 1.32 bits per heavy atom. The fourth-order valence-corrected chi connectivity index (χ4v) is 2.26. The van der Waals surface area contributed by atoms with Gasteiger partial charge in [0.15, 0.2) is 0 Å². The molecule has 0 saturated carbocycles. The molecule has 3 heteroatoms. The Kier molecular flexibility index (Phi) is 6.46. The highest BCUT2D eigenvalue weighted by atomic mass is 19.1. The zero-order chi connectivity index (χ0) is 14.4. The molecule has 0 radical (unpaired) electrons. The molecule has 2 nitrogen and oxygen atoms in total. The fourth-order valence-electron chi connectivity index (χ4n) is 2.26. The van der Waals surface area contributed by atoms with Crippen LogP contribution in [-0.4, -0.2) is 24.0 Å². The van der Waals surface area contributed by atoms with Crippen molar-refractivity contribution < 1.29 is 4.39 Å². The minimum atomic E-state index is -0.165. The van der Waals surface area contributed by atoms with E-state index in [-0.39, 0.29) is 11.9 Å². The summed E-state index contributed by atoms with van der Waals surface area (Å²) in [5, 5.41) is 0. The molecule has 2 N–H and O–H groups in total. The first kappa shape index (κ1) is 16.1. The Morgan fingerprint density at radius 2 is 2.00 bits per heavy atom. The van der Waals surface area contributed by atoms with Gasteiger partial charge in [0.05, 0.1) is 0 Å². The van der Waals surface area contributed by atoms with E-state index in [0.717, 1.165) is 31.5 Å². The summed E-state index contributed by atoms with van der Waals surface area (Å²) in [7, 11) is 0. The molecule has 0 saturated heterocycles. The van der Waals surface area contributed by atoms with Gasteiger partial charge in [-0.15, -0.1) is 0 Å². The molecule has 0 spiro atoms. The van der Waals surface area contributed by atoms with Crippen molar-refractivity contribution in [2.75, 3.05) is 13.1 Å². The molecule has 1 aromatic rings. The minimum absolute atomic E-state index is 0.0896. The van der Waals surface area contributed by atoms with Gasteiger partial charge < -0.3 is 10.6 Å². The first-order valence-electron chi connectivity index (χ1n) is 7.25. The minimum Gasteiger partial charge on any atom is -0.324 e. The van der Waals surface area contributed by atoms with Crippen LogP contribution >= 0.6 is 0 Å². The van der Waals surface area contributed by atoms with Gasteiger partial charge in [-0.1, -0.05) is 26.0 Å². The van der Waals surface area contributed by atoms with Gasteiger partial charge in [0.25, 0.3) is 0 Å². The van der Waals surface area contributed by atoms with Gasteiger partial charge in [-0.25, -0.2) is 4.39 Å². The van der Waals surface area contributed by atoms with E-state index in [1.54, 1.807) is 19.1 Å². The first-order valence-corrected chi connectivity index (χ1v) is 7.25. The van der Waals surface area contributed by atoms with Crippen LogP contribution < -0.4 is 5.73 Å². The molecule has 2 atom stereocenters. The van der Waals surface area contributed by atoms with Crippen LogP contribution in [-0.2, 0) is 0 Å². The molecular weight excluding hydrogens is 239 g/mol. The van der Waals surface area contributed by atoms with E-state index in [1.165, 1.54) is 0 Å². The molecule has 0 amide bonds. The number of benzene rings is 1. The molecule has 0 aliphatic heterocycles. The number of hydrogen-bond acceptors (Lipinski definition) is 2. The lowest BCUT2D eigenvalue weighted by atomic mass is 10.0. The second kappa shape index (κ2) is 7.61. The largest absolute Gasteiger partial charge is 0.324 e. The smallest absolute Gasteiger partial charge is 0.126 e. The maximum absolute atomic E-state index is 13.5. The zero-order valence-corrected chi connectivity index (χ0v) is 12.6. The van der Waals surface area contributed by atoms with Gasteiger partial charge in [0.1, 0.15) is 5.82 Å². The van der Waals surface area contributed by atoms with Gasteiger partial charge in [-0.05, 0) is 50.4 Å². The quantitative estimate of drug-likeness (QED) is 0.816. The maximum atomic E-state index is 13.5. The Labute approximate surface area is 116 Å². The van der Waals surface area contributed by atoms with Crippen molar-refractivity contribution >= 4 is 0 Å². The summed E-state index contributed by atoms with van der Waals surface area (Å²) >= 11 is 0. The van der Waals surface area contributed by atoms with Crippen molar-refractivity contribution in [2.24, 2.45) is 5.73 Å². The Bertz CT molecular complexity index is 392. The summed E-state index contributed by atoms with van der Waals surface area (Å²) in [5.41, 5.74) is 7.73. The summed E-state index contributed by atoms with van der Waals surface area (Å²) in [5.74, 6) is -0.165. The second-order valence-corrected chi connectivity index (χ2v) is 5.29. The topological polar surface area (TPSA) is 29.3 Å². The first-order chi connectivity index (χ1) is 8.99. The monoisotopic (exact) mass is 266 g/mol. The third-order valence-corrected chi connectivity index (χ3v) is 3.97. The van der Waals surface area contributed by atoms with Gasteiger partial charge in [0, 0.05) is 18.6 Å². The lowest BCUT2D eigenvalue weighted by molar-refractivity contribution is 0.207. The third kappa shape index (κ3) is 4.59. The summed E-state index contributed by atoms with van der Waals surface area (Å²) in [6.07, 6.45) is 2.00.